The third kappa shape index (κ3) is 4.75. The minimum absolute atomic E-state index is 0.00458. The second kappa shape index (κ2) is 7.26. The van der Waals surface area contributed by atoms with Crippen molar-refractivity contribution in [2.75, 3.05) is 30.0 Å². The van der Waals surface area contributed by atoms with Crippen molar-refractivity contribution in [2.45, 2.75) is 25.6 Å². The molecule has 1 aromatic rings. The van der Waals surface area contributed by atoms with Crippen LogP contribution in [0.2, 0.25) is 0 Å². The molecular weight excluding hydrogens is 373 g/mol. The van der Waals surface area contributed by atoms with Crippen molar-refractivity contribution in [1.82, 2.24) is 4.90 Å². The fraction of sp³-hybridized carbons (Fsp3) is 0.500. The molecule has 1 atom stereocenters. The van der Waals surface area contributed by atoms with Crippen LogP contribution in [0.5, 0.6) is 0 Å². The highest BCUT2D eigenvalue weighted by Gasteiger charge is 2.34. The molecule has 1 aromatic carbocycles. The molecule has 0 saturated carbocycles. The predicted molar refractivity (Wildman–Crippen MR) is 89.3 cm³/mol. The van der Waals surface area contributed by atoms with Gasteiger partial charge < -0.3 is 9.80 Å². The van der Waals surface area contributed by atoms with E-state index in [1.54, 1.807) is 0 Å². The quantitative estimate of drug-likeness (QED) is 0.782. The van der Waals surface area contributed by atoms with Crippen LogP contribution in [0.4, 0.5) is 18.9 Å². The SMILES string of the molecule is CC(=O)N(CC(=O)N(C)C1CCS(=O)(=O)C1)c1ccc(C(F)(F)F)cc1. The highest BCUT2D eigenvalue weighted by atomic mass is 32.2. The van der Waals surface area contributed by atoms with Crippen LogP contribution in [0.25, 0.3) is 0 Å². The molecule has 1 aliphatic rings. The van der Waals surface area contributed by atoms with Gasteiger partial charge in [0.1, 0.15) is 6.54 Å². The molecule has 1 unspecified atom stereocenters. The number of benzene rings is 1. The van der Waals surface area contributed by atoms with Crippen LogP contribution in [0.3, 0.4) is 0 Å². The number of sulfone groups is 1. The van der Waals surface area contributed by atoms with Gasteiger partial charge in [-0.25, -0.2) is 8.42 Å². The molecule has 2 amide bonds. The van der Waals surface area contributed by atoms with Crippen molar-refractivity contribution in [1.29, 1.82) is 0 Å². The average Bonchev–Trinajstić information content (AvgIpc) is 2.90. The molecule has 1 fully saturated rings. The molecule has 1 aliphatic heterocycles. The molecule has 0 spiro atoms. The zero-order chi connectivity index (χ0) is 19.7. The van der Waals surface area contributed by atoms with Crippen molar-refractivity contribution in [3.63, 3.8) is 0 Å². The minimum atomic E-state index is -4.50. The Balaban J connectivity index is 2.13. The summed E-state index contributed by atoms with van der Waals surface area (Å²) in [6.45, 7) is 0.818. The first-order valence-corrected chi connectivity index (χ1v) is 9.64. The van der Waals surface area contributed by atoms with Gasteiger partial charge in [0.2, 0.25) is 11.8 Å². The van der Waals surface area contributed by atoms with Crippen LogP contribution in [0.15, 0.2) is 24.3 Å². The molecule has 0 bridgehead atoms. The summed E-state index contributed by atoms with van der Waals surface area (Å²) in [5.41, 5.74) is -0.698. The molecule has 26 heavy (non-hydrogen) atoms. The summed E-state index contributed by atoms with van der Waals surface area (Å²) in [4.78, 5) is 26.6. The van der Waals surface area contributed by atoms with Crippen LogP contribution in [-0.4, -0.2) is 56.3 Å². The molecule has 0 radical (unpaired) electrons. The topological polar surface area (TPSA) is 74.8 Å². The number of amides is 2. The zero-order valence-electron chi connectivity index (χ0n) is 14.3. The first-order valence-electron chi connectivity index (χ1n) is 7.82. The second-order valence-corrected chi connectivity index (χ2v) is 8.44. The Bertz CT molecular complexity index is 791. The van der Waals surface area contributed by atoms with Crippen LogP contribution < -0.4 is 4.90 Å². The third-order valence-corrected chi connectivity index (χ3v) is 6.08. The Morgan fingerprint density at radius 2 is 1.77 bits per heavy atom. The van der Waals surface area contributed by atoms with E-state index in [9.17, 15) is 31.2 Å². The van der Waals surface area contributed by atoms with E-state index in [0.717, 1.165) is 29.2 Å². The summed E-state index contributed by atoms with van der Waals surface area (Å²) < 4.78 is 61.0. The monoisotopic (exact) mass is 392 g/mol. The molecule has 2 rings (SSSR count). The molecule has 10 heteroatoms. The number of alkyl halides is 3. The maximum atomic E-state index is 12.6. The normalized spacial score (nSPS) is 19.2. The van der Waals surface area contributed by atoms with Crippen LogP contribution in [0.1, 0.15) is 18.9 Å². The van der Waals surface area contributed by atoms with E-state index in [1.807, 2.05) is 0 Å². The van der Waals surface area contributed by atoms with Crippen molar-refractivity contribution < 1.29 is 31.2 Å². The van der Waals surface area contributed by atoms with Gasteiger partial charge in [-0.15, -0.1) is 0 Å². The Morgan fingerprint density at radius 3 is 2.19 bits per heavy atom. The summed E-state index contributed by atoms with van der Waals surface area (Å²) >= 11 is 0. The van der Waals surface area contributed by atoms with Gasteiger partial charge >= 0.3 is 6.18 Å². The van der Waals surface area contributed by atoms with Gasteiger partial charge in [-0.3, -0.25) is 9.59 Å². The van der Waals surface area contributed by atoms with Crippen molar-refractivity contribution in [2.24, 2.45) is 0 Å². The number of rotatable bonds is 4. The van der Waals surface area contributed by atoms with Crippen LogP contribution in [0, 0.1) is 0 Å². The molecule has 0 aromatic heterocycles. The highest BCUT2D eigenvalue weighted by molar-refractivity contribution is 7.91. The van der Waals surface area contributed by atoms with Gasteiger partial charge in [0.05, 0.1) is 17.1 Å². The fourth-order valence-corrected chi connectivity index (χ4v) is 4.52. The summed E-state index contributed by atoms with van der Waals surface area (Å²) in [7, 11) is -1.71. The standard InChI is InChI=1S/C16H19F3N2O4S/c1-11(22)21(13-5-3-12(4-6-13)16(17,18)19)9-15(23)20(2)14-7-8-26(24,25)10-14/h3-6,14H,7-10H2,1-2H3. The molecule has 144 valence electrons. The van der Waals surface area contributed by atoms with E-state index < -0.39 is 39.4 Å². The maximum Gasteiger partial charge on any atom is 0.416 e. The molecule has 1 heterocycles. The van der Waals surface area contributed by atoms with Gasteiger partial charge in [-0.2, -0.15) is 13.2 Å². The van der Waals surface area contributed by atoms with E-state index in [4.69, 9.17) is 0 Å². The number of halogens is 3. The first kappa shape index (κ1) is 20.2. The van der Waals surface area contributed by atoms with Crippen molar-refractivity contribution in [3.8, 4) is 0 Å². The van der Waals surface area contributed by atoms with Gasteiger partial charge in [0, 0.05) is 25.7 Å². The Morgan fingerprint density at radius 1 is 1.19 bits per heavy atom. The Hall–Kier alpha value is -2.10. The fourth-order valence-electron chi connectivity index (χ4n) is 2.75. The molecule has 0 N–H and O–H groups in total. The Kier molecular flexibility index (Phi) is 5.64. The zero-order valence-corrected chi connectivity index (χ0v) is 15.1. The largest absolute Gasteiger partial charge is 0.416 e. The molecule has 1 saturated heterocycles. The number of nitrogens with zero attached hydrogens (tertiary/aromatic N) is 2. The lowest BCUT2D eigenvalue weighted by Gasteiger charge is -2.27. The lowest BCUT2D eigenvalue weighted by Crippen LogP contribution is -2.45. The summed E-state index contributed by atoms with van der Waals surface area (Å²) in [6, 6.07) is 3.45. The van der Waals surface area contributed by atoms with Gasteiger partial charge in [-0.1, -0.05) is 0 Å². The van der Waals surface area contributed by atoms with Gasteiger partial charge in [0.15, 0.2) is 9.84 Å². The number of likely N-dealkylation sites (N-methyl/N-ethyl adjacent to an activating group) is 1. The third-order valence-electron chi connectivity index (χ3n) is 4.33. The first-order chi connectivity index (χ1) is 11.9. The second-order valence-electron chi connectivity index (χ2n) is 6.21. The number of hydrogen-bond acceptors (Lipinski definition) is 4. The van der Waals surface area contributed by atoms with E-state index in [-0.39, 0.29) is 23.7 Å². The van der Waals surface area contributed by atoms with E-state index in [0.29, 0.717) is 6.42 Å². The number of carbonyl (C=O) groups is 2. The number of hydrogen-bond donors (Lipinski definition) is 0. The minimum Gasteiger partial charge on any atom is -0.340 e. The van der Waals surface area contributed by atoms with Crippen molar-refractivity contribution in [3.05, 3.63) is 29.8 Å². The maximum absolute atomic E-state index is 12.6. The van der Waals surface area contributed by atoms with E-state index >= 15 is 0 Å². The lowest BCUT2D eigenvalue weighted by molar-refractivity contribution is -0.137. The van der Waals surface area contributed by atoms with Crippen molar-refractivity contribution >= 4 is 27.3 Å². The van der Waals surface area contributed by atoms with Crippen LogP contribution >= 0.6 is 0 Å². The molecule has 6 nitrogen and oxygen atoms in total. The van der Waals surface area contributed by atoms with Crippen LogP contribution in [-0.2, 0) is 25.6 Å². The van der Waals surface area contributed by atoms with Gasteiger partial charge in [0.25, 0.3) is 0 Å². The Labute approximate surface area is 149 Å². The molecular formula is C16H19F3N2O4S. The number of anilines is 1. The smallest absolute Gasteiger partial charge is 0.340 e. The average molecular weight is 392 g/mol. The van der Waals surface area contributed by atoms with E-state index in [1.165, 1.54) is 18.9 Å². The lowest BCUT2D eigenvalue weighted by atomic mass is 10.2. The summed E-state index contributed by atoms with van der Waals surface area (Å²) in [6.07, 6.45) is -4.17. The predicted octanol–water partition coefficient (Wildman–Crippen LogP) is 1.70. The number of carbonyl (C=O) groups excluding carboxylic acids is 2. The van der Waals surface area contributed by atoms with Gasteiger partial charge in [-0.05, 0) is 30.7 Å². The summed E-state index contributed by atoms with van der Waals surface area (Å²) in [5, 5.41) is 0. The molecule has 0 aliphatic carbocycles. The summed E-state index contributed by atoms with van der Waals surface area (Å²) in [5.74, 6) is -1.12. The highest BCUT2D eigenvalue weighted by Crippen LogP contribution is 2.30. The van der Waals surface area contributed by atoms with E-state index in [2.05, 4.69) is 0 Å².